The maximum Gasteiger partial charge on any atom is 0.261 e. The number of nitrogens with zero attached hydrogens (tertiary/aromatic N) is 5. The van der Waals surface area contributed by atoms with Crippen LogP contribution in [0, 0.1) is 0 Å². The van der Waals surface area contributed by atoms with Gasteiger partial charge in [-0.1, -0.05) is 82.9 Å². The summed E-state index contributed by atoms with van der Waals surface area (Å²) in [5.74, 6) is 0. The highest BCUT2D eigenvalue weighted by molar-refractivity contribution is 6.99. The van der Waals surface area contributed by atoms with Gasteiger partial charge in [0.2, 0.25) is 0 Å². The van der Waals surface area contributed by atoms with Crippen LogP contribution in [0.4, 0.5) is 5.69 Å². The lowest BCUT2D eigenvalue weighted by Gasteiger charge is -2.48. The largest absolute Gasteiger partial charge is 0.404 e. The molecule has 1 unspecified atom stereocenters. The van der Waals surface area contributed by atoms with Crippen LogP contribution >= 0.6 is 0 Å². The van der Waals surface area contributed by atoms with Crippen LogP contribution in [0.15, 0.2) is 96.5 Å². The van der Waals surface area contributed by atoms with E-state index < -0.39 is 16.4 Å². The minimum absolute atomic E-state index is 0.0731. The number of aromatic nitrogens is 4. The number of ether oxygens (including phenoxy) is 1. The molecule has 0 aliphatic heterocycles. The Balaban J connectivity index is 1.19. The van der Waals surface area contributed by atoms with Crippen LogP contribution in [0.25, 0.3) is 22.2 Å². The minimum atomic E-state index is -2.66. The molecule has 0 bridgehead atoms. The second kappa shape index (κ2) is 13.5. The maximum absolute atomic E-state index is 7.41. The molecule has 47 heavy (non-hydrogen) atoms. The Hall–Kier alpha value is -3.64. The highest BCUT2D eigenvalue weighted by Gasteiger charge is 2.53. The van der Waals surface area contributed by atoms with Crippen LogP contribution in [-0.4, -0.2) is 54.6 Å². The van der Waals surface area contributed by atoms with Crippen LogP contribution in [0.2, 0.25) is 30.7 Å². The lowest BCUT2D eigenvalue weighted by molar-refractivity contribution is 0.0562. The van der Waals surface area contributed by atoms with Crippen molar-refractivity contribution in [3.8, 4) is 11.1 Å². The number of aliphatic imine (C=N–C) groups is 1. The highest BCUT2D eigenvalue weighted by Crippen LogP contribution is 2.43. The fourth-order valence-electron chi connectivity index (χ4n) is 6.71. The van der Waals surface area contributed by atoms with E-state index in [0.29, 0.717) is 12.8 Å². The van der Waals surface area contributed by atoms with Gasteiger partial charge in [-0.25, -0.2) is 4.98 Å². The zero-order chi connectivity index (χ0) is 33.2. The van der Waals surface area contributed by atoms with Gasteiger partial charge in [-0.15, -0.1) is 0 Å². The summed E-state index contributed by atoms with van der Waals surface area (Å²) in [5.41, 5.74) is 4.16. The van der Waals surface area contributed by atoms with Crippen molar-refractivity contribution in [1.82, 2.24) is 19.3 Å². The fraction of sp³-hybridized carbons (Fsp3) is 0.395. The molecule has 5 aromatic rings. The quantitative estimate of drug-likeness (QED) is 0.0767. The van der Waals surface area contributed by atoms with E-state index in [1.807, 2.05) is 25.5 Å². The third-order valence-corrected chi connectivity index (χ3v) is 16.2. The Kier molecular flexibility index (Phi) is 9.53. The smallest absolute Gasteiger partial charge is 0.261 e. The number of hydrogen-bond donors (Lipinski definition) is 0. The van der Waals surface area contributed by atoms with Crippen LogP contribution < -0.4 is 10.4 Å². The monoisotopic (exact) mass is 663 g/mol. The molecule has 0 saturated heterocycles. The molecule has 1 aliphatic rings. The number of rotatable bonds is 12. The van der Waals surface area contributed by atoms with E-state index in [9.17, 15) is 0 Å². The molecule has 1 atom stereocenters. The number of benzene rings is 2. The molecule has 3 aromatic heterocycles. The van der Waals surface area contributed by atoms with Gasteiger partial charge >= 0.3 is 0 Å². The van der Waals surface area contributed by atoms with Gasteiger partial charge in [0.05, 0.1) is 17.9 Å². The van der Waals surface area contributed by atoms with Crippen molar-refractivity contribution < 1.29 is 9.16 Å². The maximum atomic E-state index is 7.41. The Labute approximate surface area is 281 Å². The predicted molar refractivity (Wildman–Crippen MR) is 200 cm³/mol. The first-order valence-electron chi connectivity index (χ1n) is 16.9. The van der Waals surface area contributed by atoms with E-state index in [2.05, 4.69) is 134 Å². The lowest BCUT2D eigenvalue weighted by atomic mass is 9.90. The van der Waals surface area contributed by atoms with Gasteiger partial charge in [0.25, 0.3) is 8.32 Å². The Morgan fingerprint density at radius 1 is 0.957 bits per heavy atom. The molecule has 0 amide bonds. The summed E-state index contributed by atoms with van der Waals surface area (Å²) in [7, 11) is -3.78. The molecule has 0 N–H and O–H groups in total. The number of pyridine rings is 1. The molecule has 6 rings (SSSR count). The van der Waals surface area contributed by atoms with E-state index >= 15 is 0 Å². The van der Waals surface area contributed by atoms with E-state index in [-0.39, 0.29) is 11.1 Å². The normalized spacial score (nSPS) is 18.4. The van der Waals surface area contributed by atoms with Crippen molar-refractivity contribution in [2.75, 3.05) is 6.61 Å². The number of hydrogen-bond acceptors (Lipinski definition) is 5. The highest BCUT2D eigenvalue weighted by atomic mass is 28.4. The summed E-state index contributed by atoms with van der Waals surface area (Å²) >= 11 is 0. The average molecular weight is 664 g/mol. The molecule has 1 saturated carbocycles. The minimum Gasteiger partial charge on any atom is -0.404 e. The molecule has 3 heterocycles. The molecule has 9 heteroatoms. The third-order valence-electron chi connectivity index (χ3n) is 9.38. The molecule has 0 radical (unpaired) electrons. The number of fused-ring (bicyclic) bond motifs is 1. The zero-order valence-electron chi connectivity index (χ0n) is 29.0. The van der Waals surface area contributed by atoms with Crippen molar-refractivity contribution in [2.45, 2.75) is 90.1 Å². The van der Waals surface area contributed by atoms with Gasteiger partial charge in [0.15, 0.2) is 0 Å². The van der Waals surface area contributed by atoms with Gasteiger partial charge in [0.1, 0.15) is 12.4 Å². The van der Waals surface area contributed by atoms with E-state index in [0.717, 1.165) is 53.3 Å². The van der Waals surface area contributed by atoms with Crippen molar-refractivity contribution in [3.63, 3.8) is 0 Å². The molecule has 1 fully saturated rings. The van der Waals surface area contributed by atoms with Crippen molar-refractivity contribution in [1.29, 1.82) is 0 Å². The summed E-state index contributed by atoms with van der Waals surface area (Å²) in [5, 5.41) is 8.48. The van der Waals surface area contributed by atoms with E-state index in [1.54, 1.807) is 0 Å². The summed E-state index contributed by atoms with van der Waals surface area (Å²) < 4.78 is 17.7. The summed E-state index contributed by atoms with van der Waals surface area (Å²) in [6.45, 7) is 17.4. The second-order valence-corrected chi connectivity index (χ2v) is 24.9. The molecular weight excluding hydrogens is 615 g/mol. The Bertz CT molecular complexity index is 1810. The van der Waals surface area contributed by atoms with Gasteiger partial charge in [0, 0.05) is 56.5 Å². The van der Waals surface area contributed by atoms with Crippen molar-refractivity contribution in [2.24, 2.45) is 4.99 Å². The molecular formula is C38H49N5O2Si2. The van der Waals surface area contributed by atoms with Gasteiger partial charge in [-0.2, -0.15) is 5.10 Å². The Morgan fingerprint density at radius 2 is 1.68 bits per heavy atom. The van der Waals surface area contributed by atoms with Crippen LogP contribution in [0.3, 0.4) is 0 Å². The zero-order valence-corrected chi connectivity index (χ0v) is 31.0. The van der Waals surface area contributed by atoms with Crippen molar-refractivity contribution >= 4 is 49.7 Å². The van der Waals surface area contributed by atoms with Crippen molar-refractivity contribution in [3.05, 3.63) is 91.5 Å². The van der Waals surface area contributed by atoms with Gasteiger partial charge < -0.3 is 13.7 Å². The van der Waals surface area contributed by atoms with E-state index in [1.165, 1.54) is 10.4 Å². The standard InChI is InChI=1S/C38H49N5O2Si2/c1-8-39-30-14-16-34(17-15-30)47(38(2,3)4,33-12-10-9-11-13-33)45-32-24-31(25-32)43-27-29(26-41-43)35-18-20-40-37-36(35)19-21-42(37)28-44-22-23-46(5,6)7/h8-21,26-27,31-32H,22-25,28H2,1-7H3. The molecule has 0 spiro atoms. The van der Waals surface area contributed by atoms with Crippen LogP contribution in [-0.2, 0) is 15.9 Å². The molecule has 2 aromatic carbocycles. The first kappa shape index (κ1) is 33.3. The fourth-order valence-corrected chi connectivity index (χ4v) is 12.2. The molecule has 246 valence electrons. The predicted octanol–water partition coefficient (Wildman–Crippen LogP) is 8.21. The molecule has 7 nitrogen and oxygen atoms in total. The summed E-state index contributed by atoms with van der Waals surface area (Å²) in [4.78, 5) is 9.19. The first-order valence-corrected chi connectivity index (χ1v) is 22.5. The first-order chi connectivity index (χ1) is 22.5. The average Bonchev–Trinajstić information content (AvgIpc) is 3.67. The second-order valence-electron chi connectivity index (χ2n) is 15.0. The summed E-state index contributed by atoms with van der Waals surface area (Å²) in [6, 6.07) is 25.3. The topological polar surface area (TPSA) is 66.5 Å². The Morgan fingerprint density at radius 3 is 2.36 bits per heavy atom. The third kappa shape index (κ3) is 6.99. The van der Waals surface area contributed by atoms with Gasteiger partial charge in [-0.3, -0.25) is 9.67 Å². The summed E-state index contributed by atoms with van der Waals surface area (Å²) in [6.07, 6.45) is 12.0. The van der Waals surface area contributed by atoms with E-state index in [4.69, 9.17) is 19.2 Å². The van der Waals surface area contributed by atoms with Gasteiger partial charge in [-0.05, 0) is 71.1 Å². The van der Waals surface area contributed by atoms with Crippen LogP contribution in [0.1, 0.15) is 46.6 Å². The van der Waals surface area contributed by atoms with Crippen LogP contribution in [0.5, 0.6) is 0 Å². The lowest BCUT2D eigenvalue weighted by Crippen LogP contribution is -2.68. The molecule has 1 aliphatic carbocycles. The SMILES string of the molecule is CC=Nc1ccc([Si](OC2CC(n3cc(-c4ccnc5c4ccn5COCC[Si](C)(C)C)cn3)C2)(c2ccccc2)C(C)(C)C)cc1.